The van der Waals surface area contributed by atoms with Gasteiger partial charge in [-0.1, -0.05) is 19.1 Å². The average Bonchev–Trinajstić information content (AvgIpc) is 3.36. The van der Waals surface area contributed by atoms with Crippen LogP contribution in [-0.4, -0.2) is 18.2 Å². The molecule has 1 atom stereocenters. The Labute approximate surface area is 152 Å². The molecule has 134 valence electrons. The zero-order valence-corrected chi connectivity index (χ0v) is 14.8. The zero-order valence-electron chi connectivity index (χ0n) is 14.8. The molecular formula is C22H21FO3. The topological polar surface area (TPSA) is 43.4 Å². The number of fused-ring (bicyclic) bond motifs is 1. The van der Waals surface area contributed by atoms with Crippen molar-refractivity contribution < 1.29 is 18.7 Å². The summed E-state index contributed by atoms with van der Waals surface area (Å²) in [6.07, 6.45) is 3.12. The van der Waals surface area contributed by atoms with Gasteiger partial charge in [-0.05, 0) is 48.6 Å². The minimum Gasteiger partial charge on any atom is -0.492 e. The summed E-state index contributed by atoms with van der Waals surface area (Å²) in [5.74, 6) is 0.748. The number of rotatable bonds is 6. The maximum absolute atomic E-state index is 13.3. The van der Waals surface area contributed by atoms with Crippen LogP contribution in [0.15, 0.2) is 36.4 Å². The molecule has 0 saturated heterocycles. The summed E-state index contributed by atoms with van der Waals surface area (Å²) in [4.78, 5) is 25.1. The summed E-state index contributed by atoms with van der Waals surface area (Å²) in [5, 5.41) is 0. The van der Waals surface area contributed by atoms with Gasteiger partial charge < -0.3 is 4.74 Å². The number of hydrogen-bond acceptors (Lipinski definition) is 3. The van der Waals surface area contributed by atoms with Crippen molar-refractivity contribution in [3.05, 3.63) is 64.5 Å². The van der Waals surface area contributed by atoms with E-state index in [2.05, 4.69) is 0 Å². The van der Waals surface area contributed by atoms with Crippen molar-refractivity contribution in [1.29, 1.82) is 0 Å². The standard InChI is InChI=1S/C22H21FO3/c1-2-20(24)18-11-15(21(25)9-13-3-4-13)10-17-19(12-26-22(17)18)14-5-7-16(23)8-6-14/h5-8,10-11,13,19H,2-4,9,12H2,1H3/t19-/m1/s1. The number of ketones is 2. The van der Waals surface area contributed by atoms with Gasteiger partial charge in [0, 0.05) is 29.9 Å². The molecule has 0 radical (unpaired) electrons. The normalized spacial score (nSPS) is 18.3. The van der Waals surface area contributed by atoms with Gasteiger partial charge in [0.2, 0.25) is 0 Å². The van der Waals surface area contributed by atoms with E-state index in [1.54, 1.807) is 25.1 Å². The molecule has 2 aromatic carbocycles. The highest BCUT2D eigenvalue weighted by Gasteiger charge is 2.32. The van der Waals surface area contributed by atoms with E-state index < -0.39 is 0 Å². The van der Waals surface area contributed by atoms with Crippen molar-refractivity contribution in [2.24, 2.45) is 5.92 Å². The van der Waals surface area contributed by atoms with E-state index >= 15 is 0 Å². The van der Waals surface area contributed by atoms with Crippen molar-refractivity contribution >= 4 is 11.6 Å². The second-order valence-electron chi connectivity index (χ2n) is 7.20. The molecule has 0 amide bonds. The Bertz CT molecular complexity index is 866. The lowest BCUT2D eigenvalue weighted by Crippen LogP contribution is -2.07. The quantitative estimate of drug-likeness (QED) is 0.693. The van der Waals surface area contributed by atoms with Crippen LogP contribution in [0.25, 0.3) is 0 Å². The fraction of sp³-hybridized carbons (Fsp3) is 0.364. The van der Waals surface area contributed by atoms with Gasteiger partial charge in [0.1, 0.15) is 11.6 Å². The second-order valence-corrected chi connectivity index (χ2v) is 7.20. The van der Waals surface area contributed by atoms with E-state index in [1.807, 2.05) is 6.07 Å². The Morgan fingerprint density at radius 2 is 1.85 bits per heavy atom. The third-order valence-corrected chi connectivity index (χ3v) is 5.27. The Balaban J connectivity index is 1.77. The van der Waals surface area contributed by atoms with Crippen LogP contribution in [0.1, 0.15) is 70.4 Å². The maximum atomic E-state index is 13.3. The first-order valence-corrected chi connectivity index (χ1v) is 9.19. The Hall–Kier alpha value is -2.49. The van der Waals surface area contributed by atoms with E-state index in [1.165, 1.54) is 12.1 Å². The molecule has 0 spiro atoms. The average molecular weight is 352 g/mol. The first-order valence-electron chi connectivity index (χ1n) is 9.19. The molecule has 26 heavy (non-hydrogen) atoms. The molecule has 0 N–H and O–H groups in total. The van der Waals surface area contributed by atoms with Crippen molar-refractivity contribution in [3.63, 3.8) is 0 Å². The SMILES string of the molecule is CCC(=O)c1cc(C(=O)CC2CC2)cc2c1OC[C@@H]2c1ccc(F)cc1. The molecule has 0 unspecified atom stereocenters. The van der Waals surface area contributed by atoms with E-state index in [0.717, 1.165) is 24.0 Å². The van der Waals surface area contributed by atoms with Crippen molar-refractivity contribution in [2.45, 2.75) is 38.5 Å². The molecule has 4 heteroatoms. The van der Waals surface area contributed by atoms with Crippen molar-refractivity contribution in [1.82, 2.24) is 0 Å². The number of halogens is 1. The van der Waals surface area contributed by atoms with Gasteiger partial charge >= 0.3 is 0 Å². The predicted octanol–water partition coefficient (Wildman–Crippen LogP) is 4.93. The summed E-state index contributed by atoms with van der Waals surface area (Å²) >= 11 is 0. The third kappa shape index (κ3) is 3.16. The molecule has 1 heterocycles. The van der Waals surface area contributed by atoms with Gasteiger partial charge in [0.25, 0.3) is 0 Å². The van der Waals surface area contributed by atoms with Gasteiger partial charge in [0.15, 0.2) is 11.6 Å². The van der Waals surface area contributed by atoms with E-state index in [-0.39, 0.29) is 23.3 Å². The molecular weight excluding hydrogens is 331 g/mol. The van der Waals surface area contributed by atoms with Crippen LogP contribution in [0.2, 0.25) is 0 Å². The number of ether oxygens (including phenoxy) is 1. The minimum absolute atomic E-state index is 0.0259. The number of benzene rings is 2. The summed E-state index contributed by atoms with van der Waals surface area (Å²) < 4.78 is 19.1. The lowest BCUT2D eigenvalue weighted by molar-refractivity contribution is 0.0976. The molecule has 3 nitrogen and oxygen atoms in total. The van der Waals surface area contributed by atoms with Crippen molar-refractivity contribution in [2.75, 3.05) is 6.61 Å². The zero-order chi connectivity index (χ0) is 18.3. The molecule has 1 saturated carbocycles. The van der Waals surface area contributed by atoms with E-state index in [4.69, 9.17) is 4.74 Å². The first-order chi connectivity index (χ1) is 12.6. The molecule has 0 aromatic heterocycles. The minimum atomic E-state index is -0.289. The second kappa shape index (κ2) is 6.67. The van der Waals surface area contributed by atoms with Crippen LogP contribution in [0, 0.1) is 11.7 Å². The summed E-state index contributed by atoms with van der Waals surface area (Å²) in [6, 6.07) is 9.88. The molecule has 0 bridgehead atoms. The molecule has 4 rings (SSSR count). The summed E-state index contributed by atoms with van der Waals surface area (Å²) in [6.45, 7) is 2.20. The highest BCUT2D eigenvalue weighted by molar-refractivity contribution is 6.04. The smallest absolute Gasteiger partial charge is 0.166 e. The van der Waals surface area contributed by atoms with Crippen LogP contribution in [0.4, 0.5) is 4.39 Å². The summed E-state index contributed by atoms with van der Waals surface area (Å²) in [7, 11) is 0. The Kier molecular flexibility index (Phi) is 4.35. The summed E-state index contributed by atoms with van der Waals surface area (Å²) in [5.41, 5.74) is 2.86. The lowest BCUT2D eigenvalue weighted by atomic mass is 9.88. The Morgan fingerprint density at radius 1 is 1.12 bits per heavy atom. The number of carbonyl (C=O) groups excluding carboxylic acids is 2. The van der Waals surface area contributed by atoms with Crippen LogP contribution in [0.5, 0.6) is 5.75 Å². The fourth-order valence-corrected chi connectivity index (χ4v) is 3.56. The molecule has 1 fully saturated rings. The largest absolute Gasteiger partial charge is 0.492 e. The van der Waals surface area contributed by atoms with E-state index in [9.17, 15) is 14.0 Å². The third-order valence-electron chi connectivity index (χ3n) is 5.27. The number of carbonyl (C=O) groups is 2. The highest BCUT2D eigenvalue weighted by Crippen LogP contribution is 2.42. The molecule has 1 aliphatic heterocycles. The van der Waals surface area contributed by atoms with Gasteiger partial charge in [-0.15, -0.1) is 0 Å². The maximum Gasteiger partial charge on any atom is 0.166 e. The molecule has 2 aromatic rings. The van der Waals surface area contributed by atoms with Crippen LogP contribution in [-0.2, 0) is 0 Å². The number of hydrogen-bond donors (Lipinski definition) is 0. The van der Waals surface area contributed by atoms with Gasteiger partial charge in [-0.25, -0.2) is 4.39 Å². The number of Topliss-reactive ketones (excluding diaryl/α,β-unsaturated/α-hetero) is 2. The fourth-order valence-electron chi connectivity index (χ4n) is 3.56. The lowest BCUT2D eigenvalue weighted by Gasteiger charge is -2.12. The molecule has 2 aliphatic rings. The van der Waals surface area contributed by atoms with Crippen LogP contribution in [0.3, 0.4) is 0 Å². The monoisotopic (exact) mass is 352 g/mol. The first kappa shape index (κ1) is 17.0. The highest BCUT2D eigenvalue weighted by atomic mass is 19.1. The van der Waals surface area contributed by atoms with Gasteiger partial charge in [-0.2, -0.15) is 0 Å². The molecule has 1 aliphatic carbocycles. The predicted molar refractivity (Wildman–Crippen MR) is 96.5 cm³/mol. The Morgan fingerprint density at radius 3 is 2.50 bits per heavy atom. The van der Waals surface area contributed by atoms with Crippen LogP contribution < -0.4 is 4.74 Å². The van der Waals surface area contributed by atoms with Gasteiger partial charge in [-0.3, -0.25) is 9.59 Å². The van der Waals surface area contributed by atoms with Gasteiger partial charge in [0.05, 0.1) is 12.2 Å². The van der Waals surface area contributed by atoms with E-state index in [0.29, 0.717) is 42.2 Å². The van der Waals surface area contributed by atoms with Crippen LogP contribution >= 0.6 is 0 Å². The van der Waals surface area contributed by atoms with Crippen molar-refractivity contribution in [3.8, 4) is 5.75 Å².